The van der Waals surface area contributed by atoms with Crippen molar-refractivity contribution >= 4 is 0 Å². The van der Waals surface area contributed by atoms with Crippen LogP contribution in [0.25, 0.3) is 0 Å². The van der Waals surface area contributed by atoms with Crippen LogP contribution in [0.1, 0.15) is 5.56 Å². The molecule has 0 fully saturated rings. The normalized spacial score (nSPS) is 10.3. The zero-order valence-corrected chi connectivity index (χ0v) is 6.83. The van der Waals surface area contributed by atoms with Gasteiger partial charge in [0.1, 0.15) is 0 Å². The molecule has 0 aromatic heterocycles. The standard InChI is InChI=1S/C8H10FNO3/c9-7-6(11)2-1-5(8(7)12)3-4-13-10/h1-2,11-12H,3-4,10H2. The van der Waals surface area contributed by atoms with E-state index in [-0.39, 0.29) is 6.61 Å². The monoisotopic (exact) mass is 187 g/mol. The summed E-state index contributed by atoms with van der Waals surface area (Å²) in [5, 5.41) is 18.0. The Morgan fingerprint density at radius 3 is 2.69 bits per heavy atom. The molecule has 1 aromatic carbocycles. The number of phenols is 2. The summed E-state index contributed by atoms with van der Waals surface area (Å²) in [5.41, 5.74) is 0.348. The molecule has 0 aliphatic carbocycles. The molecule has 0 saturated heterocycles. The average molecular weight is 187 g/mol. The van der Waals surface area contributed by atoms with Gasteiger partial charge in [0.15, 0.2) is 11.5 Å². The van der Waals surface area contributed by atoms with E-state index in [9.17, 15) is 9.50 Å². The maximum absolute atomic E-state index is 12.8. The van der Waals surface area contributed by atoms with Gasteiger partial charge >= 0.3 is 0 Å². The highest BCUT2D eigenvalue weighted by Crippen LogP contribution is 2.28. The number of aromatic hydroxyl groups is 2. The Labute approximate surface area is 74.3 Å². The first-order chi connectivity index (χ1) is 6.16. The van der Waals surface area contributed by atoms with Crippen molar-refractivity contribution in [1.29, 1.82) is 0 Å². The molecule has 1 rings (SSSR count). The van der Waals surface area contributed by atoms with Gasteiger partial charge < -0.3 is 15.1 Å². The van der Waals surface area contributed by atoms with Gasteiger partial charge in [-0.2, -0.15) is 4.39 Å². The smallest absolute Gasteiger partial charge is 0.206 e. The van der Waals surface area contributed by atoms with Crippen LogP contribution in [0.2, 0.25) is 0 Å². The van der Waals surface area contributed by atoms with Gasteiger partial charge in [0, 0.05) is 6.42 Å². The topological polar surface area (TPSA) is 75.7 Å². The third-order valence-electron chi connectivity index (χ3n) is 1.67. The fourth-order valence-electron chi connectivity index (χ4n) is 0.965. The Morgan fingerprint density at radius 2 is 2.08 bits per heavy atom. The first kappa shape index (κ1) is 9.76. The van der Waals surface area contributed by atoms with Gasteiger partial charge in [-0.1, -0.05) is 6.07 Å². The summed E-state index contributed by atoms with van der Waals surface area (Å²) in [5.74, 6) is 2.62. The van der Waals surface area contributed by atoms with E-state index in [0.29, 0.717) is 12.0 Å². The third-order valence-corrected chi connectivity index (χ3v) is 1.67. The quantitative estimate of drug-likeness (QED) is 0.608. The summed E-state index contributed by atoms with van der Waals surface area (Å²) in [4.78, 5) is 4.27. The van der Waals surface area contributed by atoms with E-state index in [0.717, 1.165) is 0 Å². The zero-order valence-electron chi connectivity index (χ0n) is 6.83. The van der Waals surface area contributed by atoms with Crippen LogP contribution in [0.3, 0.4) is 0 Å². The van der Waals surface area contributed by atoms with Crippen LogP contribution in [0, 0.1) is 5.82 Å². The average Bonchev–Trinajstić information content (AvgIpc) is 2.13. The maximum Gasteiger partial charge on any atom is 0.206 e. The Hall–Kier alpha value is -1.33. The molecule has 13 heavy (non-hydrogen) atoms. The highest BCUT2D eigenvalue weighted by molar-refractivity contribution is 5.40. The van der Waals surface area contributed by atoms with E-state index in [1.807, 2.05) is 0 Å². The van der Waals surface area contributed by atoms with Crippen molar-refractivity contribution in [3.05, 3.63) is 23.5 Å². The minimum atomic E-state index is -1.02. The van der Waals surface area contributed by atoms with Gasteiger partial charge in [-0.3, -0.25) is 0 Å². The molecule has 72 valence electrons. The van der Waals surface area contributed by atoms with E-state index in [4.69, 9.17) is 11.0 Å². The van der Waals surface area contributed by atoms with Crippen molar-refractivity contribution in [3.8, 4) is 11.5 Å². The molecular weight excluding hydrogens is 177 g/mol. The van der Waals surface area contributed by atoms with Crippen molar-refractivity contribution in [3.63, 3.8) is 0 Å². The Bertz CT molecular complexity index is 304. The molecule has 0 atom stereocenters. The number of benzene rings is 1. The summed E-state index contributed by atoms with van der Waals surface area (Å²) in [6, 6.07) is 2.58. The van der Waals surface area contributed by atoms with Crippen molar-refractivity contribution in [2.45, 2.75) is 6.42 Å². The highest BCUT2D eigenvalue weighted by atomic mass is 19.1. The lowest BCUT2D eigenvalue weighted by molar-refractivity contribution is 0.140. The van der Waals surface area contributed by atoms with Crippen LogP contribution < -0.4 is 5.90 Å². The molecule has 0 aliphatic heterocycles. The molecular formula is C8H10FNO3. The fraction of sp³-hybridized carbons (Fsp3) is 0.250. The van der Waals surface area contributed by atoms with E-state index in [1.165, 1.54) is 12.1 Å². The predicted molar refractivity (Wildman–Crippen MR) is 43.6 cm³/mol. The molecule has 0 amide bonds. The fourth-order valence-corrected chi connectivity index (χ4v) is 0.965. The van der Waals surface area contributed by atoms with Crippen molar-refractivity contribution in [2.24, 2.45) is 5.90 Å². The molecule has 0 bridgehead atoms. The van der Waals surface area contributed by atoms with Crippen molar-refractivity contribution < 1.29 is 19.4 Å². The molecule has 0 unspecified atom stereocenters. The molecule has 0 saturated carbocycles. The number of hydrogen-bond donors (Lipinski definition) is 3. The first-order valence-electron chi connectivity index (χ1n) is 3.67. The lowest BCUT2D eigenvalue weighted by Gasteiger charge is -2.05. The largest absolute Gasteiger partial charge is 0.505 e. The van der Waals surface area contributed by atoms with E-state index >= 15 is 0 Å². The van der Waals surface area contributed by atoms with Crippen LogP contribution in [0.15, 0.2) is 12.1 Å². The summed E-state index contributed by atoms with van der Waals surface area (Å²) >= 11 is 0. The second-order valence-electron chi connectivity index (χ2n) is 2.53. The van der Waals surface area contributed by atoms with Crippen LogP contribution >= 0.6 is 0 Å². The molecule has 5 heteroatoms. The van der Waals surface area contributed by atoms with E-state index in [2.05, 4.69) is 4.84 Å². The van der Waals surface area contributed by atoms with Gasteiger partial charge in [0.05, 0.1) is 6.61 Å². The maximum atomic E-state index is 12.8. The Morgan fingerprint density at radius 1 is 1.38 bits per heavy atom. The van der Waals surface area contributed by atoms with Crippen molar-refractivity contribution in [1.82, 2.24) is 0 Å². The molecule has 1 aromatic rings. The number of rotatable bonds is 3. The minimum Gasteiger partial charge on any atom is -0.505 e. The summed E-state index contributed by atoms with van der Waals surface area (Å²) in [6.07, 6.45) is 0.291. The summed E-state index contributed by atoms with van der Waals surface area (Å²) < 4.78 is 12.8. The third kappa shape index (κ3) is 2.07. The number of hydrogen-bond acceptors (Lipinski definition) is 4. The lowest BCUT2D eigenvalue weighted by Crippen LogP contribution is -2.04. The lowest BCUT2D eigenvalue weighted by atomic mass is 10.1. The van der Waals surface area contributed by atoms with Crippen LogP contribution in [-0.2, 0) is 11.3 Å². The molecule has 0 aliphatic rings. The van der Waals surface area contributed by atoms with Crippen LogP contribution in [0.4, 0.5) is 4.39 Å². The van der Waals surface area contributed by atoms with Gasteiger partial charge in [0.2, 0.25) is 5.82 Å². The Kier molecular flexibility index (Phi) is 3.05. The second kappa shape index (κ2) is 4.06. The van der Waals surface area contributed by atoms with Crippen molar-refractivity contribution in [2.75, 3.05) is 6.61 Å². The molecule has 4 N–H and O–H groups in total. The van der Waals surface area contributed by atoms with Gasteiger partial charge in [-0.05, 0) is 11.6 Å². The van der Waals surface area contributed by atoms with Gasteiger partial charge in [-0.25, -0.2) is 5.90 Å². The summed E-state index contributed by atoms with van der Waals surface area (Å²) in [6.45, 7) is 0.178. The van der Waals surface area contributed by atoms with Gasteiger partial charge in [-0.15, -0.1) is 0 Å². The second-order valence-corrected chi connectivity index (χ2v) is 2.53. The minimum absolute atomic E-state index is 0.178. The SMILES string of the molecule is NOCCc1ccc(O)c(F)c1O. The number of halogens is 1. The number of nitrogens with two attached hydrogens (primary N) is 1. The van der Waals surface area contributed by atoms with Gasteiger partial charge in [0.25, 0.3) is 0 Å². The Balaban J connectivity index is 2.90. The first-order valence-corrected chi connectivity index (χ1v) is 3.67. The number of phenolic OH excluding ortho intramolecular Hbond substituents is 2. The summed E-state index contributed by atoms with van der Waals surface area (Å²) in [7, 11) is 0. The molecule has 0 radical (unpaired) electrons. The zero-order chi connectivity index (χ0) is 9.84. The molecule has 0 heterocycles. The molecule has 0 spiro atoms. The van der Waals surface area contributed by atoms with Crippen LogP contribution in [-0.4, -0.2) is 16.8 Å². The molecule has 4 nitrogen and oxygen atoms in total. The highest BCUT2D eigenvalue weighted by Gasteiger charge is 2.10. The predicted octanol–water partition coefficient (Wildman–Crippen LogP) is 0.670. The van der Waals surface area contributed by atoms with E-state index in [1.54, 1.807) is 0 Å². The van der Waals surface area contributed by atoms with Crippen LogP contribution in [0.5, 0.6) is 11.5 Å². The van der Waals surface area contributed by atoms with E-state index < -0.39 is 17.3 Å².